The summed E-state index contributed by atoms with van der Waals surface area (Å²) in [7, 11) is 0. The second-order valence-electron chi connectivity index (χ2n) is 3.17. The lowest BCUT2D eigenvalue weighted by atomic mass is 10.4. The van der Waals surface area contributed by atoms with E-state index < -0.39 is 5.95 Å². The summed E-state index contributed by atoms with van der Waals surface area (Å²) in [4.78, 5) is 3.46. The molecule has 0 aliphatic heterocycles. The minimum absolute atomic E-state index is 0.0797. The first kappa shape index (κ1) is 8.75. The van der Waals surface area contributed by atoms with Crippen LogP contribution in [0.25, 0.3) is 0 Å². The lowest BCUT2D eigenvalue weighted by Gasteiger charge is -2.06. The van der Waals surface area contributed by atoms with E-state index in [1.807, 2.05) is 0 Å². The molecular formula is C9H9ClFNO. The topological polar surface area (TPSA) is 22.1 Å². The second-order valence-corrected chi connectivity index (χ2v) is 3.57. The largest absolute Gasteiger partial charge is 0.487 e. The van der Waals surface area contributed by atoms with Gasteiger partial charge in [-0.3, -0.25) is 0 Å². The van der Waals surface area contributed by atoms with Crippen molar-refractivity contribution in [2.75, 3.05) is 6.61 Å². The Morgan fingerprint density at radius 2 is 2.38 bits per heavy atom. The number of halogens is 2. The first-order valence-electron chi connectivity index (χ1n) is 4.20. The van der Waals surface area contributed by atoms with Crippen LogP contribution >= 0.6 is 11.6 Å². The van der Waals surface area contributed by atoms with Gasteiger partial charge in [-0.25, -0.2) is 4.98 Å². The lowest BCUT2D eigenvalue weighted by molar-refractivity contribution is 0.281. The molecule has 1 fully saturated rings. The van der Waals surface area contributed by atoms with E-state index in [1.54, 1.807) is 0 Å². The Morgan fingerprint density at radius 3 is 3.00 bits per heavy atom. The third kappa shape index (κ3) is 2.10. The van der Waals surface area contributed by atoms with Gasteiger partial charge >= 0.3 is 0 Å². The molecule has 0 radical (unpaired) electrons. The van der Waals surface area contributed by atoms with Crippen molar-refractivity contribution in [1.29, 1.82) is 0 Å². The number of pyridine rings is 1. The molecule has 0 bridgehead atoms. The smallest absolute Gasteiger partial charge is 0.256 e. The fourth-order valence-electron chi connectivity index (χ4n) is 1.02. The van der Waals surface area contributed by atoms with E-state index in [4.69, 9.17) is 16.3 Å². The van der Waals surface area contributed by atoms with Gasteiger partial charge in [0.05, 0.1) is 11.6 Å². The maximum Gasteiger partial charge on any atom is 0.256 e. The Bertz CT molecular complexity index is 294. The van der Waals surface area contributed by atoms with Crippen molar-refractivity contribution in [2.24, 2.45) is 5.92 Å². The molecule has 2 rings (SSSR count). The van der Waals surface area contributed by atoms with Crippen molar-refractivity contribution < 1.29 is 9.13 Å². The zero-order valence-corrected chi connectivity index (χ0v) is 7.72. The first-order chi connectivity index (χ1) is 6.27. The molecule has 1 aromatic heterocycles. The SMILES string of the molecule is Fc1nccc(Cl)c1OCC1CC1. The summed E-state index contributed by atoms with van der Waals surface area (Å²) in [5.41, 5.74) is 0. The molecule has 2 nitrogen and oxygen atoms in total. The van der Waals surface area contributed by atoms with Gasteiger partial charge in [-0.05, 0) is 24.8 Å². The van der Waals surface area contributed by atoms with Crippen LogP contribution in [0.5, 0.6) is 5.75 Å². The summed E-state index contributed by atoms with van der Waals surface area (Å²) >= 11 is 5.73. The van der Waals surface area contributed by atoms with Crippen LogP contribution in [0.2, 0.25) is 5.02 Å². The zero-order valence-electron chi connectivity index (χ0n) is 6.96. The highest BCUT2D eigenvalue weighted by atomic mass is 35.5. The van der Waals surface area contributed by atoms with E-state index in [9.17, 15) is 4.39 Å². The Morgan fingerprint density at radius 1 is 1.62 bits per heavy atom. The van der Waals surface area contributed by atoms with Gasteiger partial charge in [-0.2, -0.15) is 4.39 Å². The Hall–Kier alpha value is -0.830. The molecule has 0 atom stereocenters. The standard InChI is InChI=1S/C9H9ClFNO/c10-7-3-4-12-9(11)8(7)13-5-6-1-2-6/h3-4,6H,1-2,5H2. The van der Waals surface area contributed by atoms with E-state index >= 15 is 0 Å². The number of hydrogen-bond acceptors (Lipinski definition) is 2. The highest BCUT2D eigenvalue weighted by Crippen LogP contribution is 2.32. The molecule has 1 saturated carbocycles. The number of hydrogen-bond donors (Lipinski definition) is 0. The van der Waals surface area contributed by atoms with Crippen LogP contribution in [-0.4, -0.2) is 11.6 Å². The van der Waals surface area contributed by atoms with Crippen molar-refractivity contribution in [1.82, 2.24) is 4.98 Å². The third-order valence-corrected chi connectivity index (χ3v) is 2.27. The van der Waals surface area contributed by atoms with Crippen molar-refractivity contribution >= 4 is 11.6 Å². The third-order valence-electron chi connectivity index (χ3n) is 1.97. The molecule has 0 amide bonds. The molecule has 1 aliphatic carbocycles. The monoisotopic (exact) mass is 201 g/mol. The zero-order chi connectivity index (χ0) is 9.26. The molecule has 70 valence electrons. The molecule has 13 heavy (non-hydrogen) atoms. The number of ether oxygens (including phenoxy) is 1. The van der Waals surface area contributed by atoms with Crippen molar-refractivity contribution in [3.05, 3.63) is 23.2 Å². The molecule has 0 saturated heterocycles. The maximum atomic E-state index is 13.0. The van der Waals surface area contributed by atoms with Crippen LogP contribution in [0.15, 0.2) is 12.3 Å². The van der Waals surface area contributed by atoms with Crippen molar-refractivity contribution in [2.45, 2.75) is 12.8 Å². The Labute approximate surface area is 80.7 Å². The summed E-state index contributed by atoms with van der Waals surface area (Å²) in [6.07, 6.45) is 3.65. The highest BCUT2D eigenvalue weighted by molar-refractivity contribution is 6.32. The van der Waals surface area contributed by atoms with Gasteiger partial charge in [0.1, 0.15) is 0 Å². The molecule has 1 aromatic rings. The summed E-state index contributed by atoms with van der Waals surface area (Å²) in [5.74, 6) is 0.0277. The van der Waals surface area contributed by atoms with Crippen molar-refractivity contribution in [3.63, 3.8) is 0 Å². The van der Waals surface area contributed by atoms with Crippen LogP contribution in [0.1, 0.15) is 12.8 Å². The van der Waals surface area contributed by atoms with Crippen LogP contribution in [0.4, 0.5) is 4.39 Å². The number of nitrogens with zero attached hydrogens (tertiary/aromatic N) is 1. The first-order valence-corrected chi connectivity index (χ1v) is 4.58. The van der Waals surface area contributed by atoms with Gasteiger partial charge in [-0.1, -0.05) is 11.6 Å². The van der Waals surface area contributed by atoms with Gasteiger partial charge in [0.2, 0.25) is 0 Å². The maximum absolute atomic E-state index is 13.0. The minimum Gasteiger partial charge on any atom is -0.487 e. The Kier molecular flexibility index (Phi) is 2.36. The summed E-state index contributed by atoms with van der Waals surface area (Å²) < 4.78 is 18.2. The van der Waals surface area contributed by atoms with Gasteiger partial charge in [0.25, 0.3) is 5.95 Å². The molecule has 0 N–H and O–H groups in total. The van der Waals surface area contributed by atoms with Gasteiger partial charge in [0.15, 0.2) is 5.75 Å². The van der Waals surface area contributed by atoms with Gasteiger partial charge in [0, 0.05) is 6.20 Å². The van der Waals surface area contributed by atoms with Crippen LogP contribution in [0, 0.1) is 11.9 Å². The van der Waals surface area contributed by atoms with E-state index in [1.165, 1.54) is 25.1 Å². The molecule has 4 heteroatoms. The molecule has 0 aromatic carbocycles. The second kappa shape index (κ2) is 3.50. The fourth-order valence-corrected chi connectivity index (χ4v) is 1.20. The summed E-state index contributed by atoms with van der Waals surface area (Å²) in [6, 6.07) is 1.52. The minimum atomic E-state index is -0.631. The normalized spacial score (nSPS) is 15.8. The van der Waals surface area contributed by atoms with E-state index in [0.717, 1.165) is 0 Å². The highest BCUT2D eigenvalue weighted by Gasteiger charge is 2.23. The van der Waals surface area contributed by atoms with Crippen LogP contribution in [0.3, 0.4) is 0 Å². The number of aromatic nitrogens is 1. The predicted molar refractivity (Wildman–Crippen MR) is 47.4 cm³/mol. The molecule has 1 aliphatic rings. The van der Waals surface area contributed by atoms with Gasteiger partial charge < -0.3 is 4.74 Å². The predicted octanol–water partition coefficient (Wildman–Crippen LogP) is 2.66. The molecule has 1 heterocycles. The molecule has 0 spiro atoms. The van der Waals surface area contributed by atoms with Crippen LogP contribution in [-0.2, 0) is 0 Å². The van der Waals surface area contributed by atoms with E-state index in [-0.39, 0.29) is 10.8 Å². The molecule has 0 unspecified atom stereocenters. The summed E-state index contributed by atoms with van der Waals surface area (Å²) in [5, 5.41) is 0.285. The average molecular weight is 202 g/mol. The average Bonchev–Trinajstić information content (AvgIpc) is 2.87. The number of rotatable bonds is 3. The Balaban J connectivity index is 2.07. The summed E-state index contributed by atoms with van der Waals surface area (Å²) in [6.45, 7) is 0.544. The van der Waals surface area contributed by atoms with Crippen LogP contribution < -0.4 is 4.74 Å². The lowest BCUT2D eigenvalue weighted by Crippen LogP contribution is -2.02. The molecular weight excluding hydrogens is 193 g/mol. The van der Waals surface area contributed by atoms with E-state index in [2.05, 4.69) is 4.98 Å². The van der Waals surface area contributed by atoms with E-state index in [0.29, 0.717) is 12.5 Å². The fraction of sp³-hybridized carbons (Fsp3) is 0.444. The van der Waals surface area contributed by atoms with Gasteiger partial charge in [-0.15, -0.1) is 0 Å². The van der Waals surface area contributed by atoms with Crippen molar-refractivity contribution in [3.8, 4) is 5.75 Å². The quantitative estimate of drug-likeness (QED) is 0.702.